The highest BCUT2D eigenvalue weighted by atomic mass is 32.2. The number of aryl methyl sites for hydroxylation is 1. The van der Waals surface area contributed by atoms with Gasteiger partial charge in [0, 0.05) is 35.8 Å². The van der Waals surface area contributed by atoms with Crippen molar-refractivity contribution in [2.24, 2.45) is 0 Å². The first-order chi connectivity index (χ1) is 14.0. The standard InChI is InChI=1S/C22H24N2O4S/c1-16-7-9-19(10-8-16)29-13-11-23-20(25)15-28-22(27)17-4-2-5-18(14-17)24-12-3-6-21(24)26/h2,4-5,7-10,14H,3,6,11-13,15H2,1H3,(H,23,25). The van der Waals surface area contributed by atoms with Crippen LogP contribution in [0.5, 0.6) is 0 Å². The number of rotatable bonds is 8. The van der Waals surface area contributed by atoms with Gasteiger partial charge in [0.25, 0.3) is 5.91 Å². The smallest absolute Gasteiger partial charge is 0.338 e. The highest BCUT2D eigenvalue weighted by Gasteiger charge is 2.22. The Labute approximate surface area is 174 Å². The Hall–Kier alpha value is -2.80. The van der Waals surface area contributed by atoms with Gasteiger partial charge in [0.1, 0.15) is 0 Å². The summed E-state index contributed by atoms with van der Waals surface area (Å²) >= 11 is 1.65. The summed E-state index contributed by atoms with van der Waals surface area (Å²) in [4.78, 5) is 38.8. The summed E-state index contributed by atoms with van der Waals surface area (Å²) in [6.07, 6.45) is 1.34. The number of ether oxygens (including phenoxy) is 1. The van der Waals surface area contributed by atoms with E-state index in [1.807, 2.05) is 19.1 Å². The number of hydrogen-bond acceptors (Lipinski definition) is 5. The number of carbonyl (C=O) groups is 3. The summed E-state index contributed by atoms with van der Waals surface area (Å²) in [5.41, 5.74) is 2.21. The minimum Gasteiger partial charge on any atom is -0.452 e. The first kappa shape index (κ1) is 20.9. The van der Waals surface area contributed by atoms with Crippen LogP contribution >= 0.6 is 11.8 Å². The quantitative estimate of drug-likeness (QED) is 0.409. The summed E-state index contributed by atoms with van der Waals surface area (Å²) in [6, 6.07) is 14.9. The topological polar surface area (TPSA) is 75.7 Å². The molecule has 0 aliphatic carbocycles. The molecule has 29 heavy (non-hydrogen) atoms. The normalized spacial score (nSPS) is 13.4. The van der Waals surface area contributed by atoms with Crippen molar-refractivity contribution in [3.63, 3.8) is 0 Å². The summed E-state index contributed by atoms with van der Waals surface area (Å²) in [6.45, 7) is 2.85. The van der Waals surface area contributed by atoms with Crippen molar-refractivity contribution in [1.82, 2.24) is 5.32 Å². The lowest BCUT2D eigenvalue weighted by Crippen LogP contribution is -2.30. The van der Waals surface area contributed by atoms with Crippen LogP contribution in [0.2, 0.25) is 0 Å². The van der Waals surface area contributed by atoms with Crippen LogP contribution in [0.25, 0.3) is 0 Å². The molecule has 6 nitrogen and oxygen atoms in total. The van der Waals surface area contributed by atoms with Gasteiger partial charge in [0.2, 0.25) is 5.91 Å². The lowest BCUT2D eigenvalue weighted by molar-refractivity contribution is -0.124. The highest BCUT2D eigenvalue weighted by Crippen LogP contribution is 2.22. The summed E-state index contributed by atoms with van der Waals surface area (Å²) in [7, 11) is 0. The molecule has 3 rings (SSSR count). The number of hydrogen-bond donors (Lipinski definition) is 1. The third-order valence-electron chi connectivity index (χ3n) is 4.52. The van der Waals surface area contributed by atoms with Crippen LogP contribution in [-0.4, -0.2) is 43.2 Å². The Morgan fingerprint density at radius 3 is 2.69 bits per heavy atom. The fourth-order valence-electron chi connectivity index (χ4n) is 2.98. The van der Waals surface area contributed by atoms with Gasteiger partial charge in [-0.1, -0.05) is 23.8 Å². The monoisotopic (exact) mass is 412 g/mol. The average molecular weight is 413 g/mol. The number of benzene rings is 2. The molecule has 0 aromatic heterocycles. The molecule has 0 radical (unpaired) electrons. The molecule has 1 aliphatic rings. The molecule has 0 saturated carbocycles. The second-order valence-electron chi connectivity index (χ2n) is 6.79. The van der Waals surface area contributed by atoms with E-state index in [2.05, 4.69) is 17.4 Å². The lowest BCUT2D eigenvalue weighted by Gasteiger charge is -2.16. The van der Waals surface area contributed by atoms with E-state index in [0.717, 1.165) is 17.1 Å². The summed E-state index contributed by atoms with van der Waals surface area (Å²) in [5.74, 6) is -0.135. The molecule has 1 saturated heterocycles. The van der Waals surface area contributed by atoms with E-state index in [4.69, 9.17) is 4.74 Å². The van der Waals surface area contributed by atoms with Crippen molar-refractivity contribution < 1.29 is 19.1 Å². The predicted octanol–water partition coefficient (Wildman–Crippen LogP) is 3.19. The van der Waals surface area contributed by atoms with Gasteiger partial charge in [0.15, 0.2) is 6.61 Å². The molecule has 2 aromatic rings. The minimum absolute atomic E-state index is 0.0541. The zero-order valence-electron chi connectivity index (χ0n) is 16.3. The largest absolute Gasteiger partial charge is 0.452 e. The first-order valence-corrected chi connectivity index (χ1v) is 10.6. The van der Waals surface area contributed by atoms with Gasteiger partial charge in [-0.05, 0) is 43.7 Å². The van der Waals surface area contributed by atoms with Crippen LogP contribution in [0.4, 0.5) is 5.69 Å². The third-order valence-corrected chi connectivity index (χ3v) is 5.53. The van der Waals surface area contributed by atoms with Crippen molar-refractivity contribution in [1.29, 1.82) is 0 Å². The Balaban J connectivity index is 1.40. The van der Waals surface area contributed by atoms with Gasteiger partial charge < -0.3 is 15.0 Å². The number of nitrogens with zero attached hydrogens (tertiary/aromatic N) is 1. The Kier molecular flexibility index (Phi) is 7.30. The van der Waals surface area contributed by atoms with Crippen LogP contribution in [0.3, 0.4) is 0 Å². The Morgan fingerprint density at radius 1 is 1.17 bits per heavy atom. The van der Waals surface area contributed by atoms with E-state index in [-0.39, 0.29) is 18.4 Å². The summed E-state index contributed by atoms with van der Waals surface area (Å²) in [5, 5.41) is 2.74. The Morgan fingerprint density at radius 2 is 1.97 bits per heavy atom. The molecule has 152 valence electrons. The molecule has 0 atom stereocenters. The maximum absolute atomic E-state index is 12.2. The van der Waals surface area contributed by atoms with E-state index in [0.29, 0.717) is 30.8 Å². The average Bonchev–Trinajstić information content (AvgIpc) is 3.16. The van der Waals surface area contributed by atoms with E-state index < -0.39 is 5.97 Å². The van der Waals surface area contributed by atoms with Crippen LogP contribution in [0.15, 0.2) is 53.4 Å². The number of amides is 2. The van der Waals surface area contributed by atoms with Crippen molar-refractivity contribution in [3.8, 4) is 0 Å². The number of thioether (sulfide) groups is 1. The molecule has 1 fully saturated rings. The molecular weight excluding hydrogens is 388 g/mol. The number of nitrogens with one attached hydrogen (secondary N) is 1. The fourth-order valence-corrected chi connectivity index (χ4v) is 3.75. The highest BCUT2D eigenvalue weighted by molar-refractivity contribution is 7.99. The van der Waals surface area contributed by atoms with Crippen LogP contribution in [-0.2, 0) is 14.3 Å². The van der Waals surface area contributed by atoms with E-state index >= 15 is 0 Å². The maximum Gasteiger partial charge on any atom is 0.338 e. The second kappa shape index (κ2) is 10.1. The van der Waals surface area contributed by atoms with E-state index in [9.17, 15) is 14.4 Å². The number of anilines is 1. The SMILES string of the molecule is Cc1ccc(SCCNC(=O)COC(=O)c2cccc(N3CCCC3=O)c2)cc1. The predicted molar refractivity (Wildman–Crippen MR) is 113 cm³/mol. The molecule has 2 aromatic carbocycles. The Bertz CT molecular complexity index is 883. The van der Waals surface area contributed by atoms with Gasteiger partial charge in [-0.3, -0.25) is 9.59 Å². The fraction of sp³-hybridized carbons (Fsp3) is 0.318. The molecule has 0 bridgehead atoms. The van der Waals surface area contributed by atoms with Gasteiger partial charge >= 0.3 is 5.97 Å². The van der Waals surface area contributed by atoms with Crippen LogP contribution < -0.4 is 10.2 Å². The van der Waals surface area contributed by atoms with Gasteiger partial charge in [-0.25, -0.2) is 4.79 Å². The lowest BCUT2D eigenvalue weighted by atomic mass is 10.2. The maximum atomic E-state index is 12.2. The van der Waals surface area contributed by atoms with Gasteiger partial charge in [0.05, 0.1) is 5.56 Å². The van der Waals surface area contributed by atoms with Crippen LogP contribution in [0, 0.1) is 6.92 Å². The molecule has 1 heterocycles. The molecule has 2 amide bonds. The zero-order valence-corrected chi connectivity index (χ0v) is 17.2. The van der Waals surface area contributed by atoms with E-state index in [1.54, 1.807) is 40.9 Å². The van der Waals surface area contributed by atoms with E-state index in [1.165, 1.54) is 5.56 Å². The molecule has 0 unspecified atom stereocenters. The van der Waals surface area contributed by atoms with Gasteiger partial charge in [-0.2, -0.15) is 0 Å². The molecule has 7 heteroatoms. The van der Waals surface area contributed by atoms with Crippen molar-refractivity contribution >= 4 is 35.2 Å². The summed E-state index contributed by atoms with van der Waals surface area (Å²) < 4.78 is 5.10. The van der Waals surface area contributed by atoms with Crippen LogP contribution in [0.1, 0.15) is 28.8 Å². The molecule has 0 spiro atoms. The number of carbonyl (C=O) groups excluding carboxylic acids is 3. The van der Waals surface area contributed by atoms with Crippen molar-refractivity contribution in [2.45, 2.75) is 24.7 Å². The van der Waals surface area contributed by atoms with Gasteiger partial charge in [-0.15, -0.1) is 11.8 Å². The third kappa shape index (κ3) is 6.09. The molecule has 1 N–H and O–H groups in total. The van der Waals surface area contributed by atoms with Crippen molar-refractivity contribution in [2.75, 3.05) is 30.3 Å². The molecule has 1 aliphatic heterocycles. The minimum atomic E-state index is -0.581. The second-order valence-corrected chi connectivity index (χ2v) is 7.96. The number of esters is 1. The van der Waals surface area contributed by atoms with Crippen molar-refractivity contribution in [3.05, 3.63) is 59.7 Å². The molecular formula is C22H24N2O4S. The first-order valence-electron chi connectivity index (χ1n) is 9.56. The zero-order chi connectivity index (χ0) is 20.6.